The fraction of sp³-hybridized carbons (Fsp3) is 0.455. The van der Waals surface area contributed by atoms with E-state index < -0.39 is 0 Å². The van der Waals surface area contributed by atoms with E-state index in [1.807, 2.05) is 36.4 Å². The van der Waals surface area contributed by atoms with Crippen LogP contribution >= 0.6 is 0 Å². The van der Waals surface area contributed by atoms with E-state index in [4.69, 9.17) is 4.74 Å². The lowest BCUT2D eigenvalue weighted by atomic mass is 10.1. The van der Waals surface area contributed by atoms with Crippen molar-refractivity contribution in [1.29, 1.82) is 0 Å². The normalized spacial score (nSPS) is 14.0. The summed E-state index contributed by atoms with van der Waals surface area (Å²) in [6, 6.07) is 11.6. The van der Waals surface area contributed by atoms with Crippen LogP contribution in [0, 0.1) is 0 Å². The average molecular weight is 383 g/mol. The number of aromatic nitrogens is 1. The van der Waals surface area contributed by atoms with Crippen molar-refractivity contribution in [2.75, 3.05) is 54.5 Å². The quantitative estimate of drug-likeness (QED) is 0.753. The first kappa shape index (κ1) is 20.1. The van der Waals surface area contributed by atoms with Gasteiger partial charge in [0.2, 0.25) is 0 Å². The summed E-state index contributed by atoms with van der Waals surface area (Å²) in [6.45, 7) is 9.50. The van der Waals surface area contributed by atoms with Gasteiger partial charge in [0.25, 0.3) is 5.91 Å². The monoisotopic (exact) mass is 382 g/mol. The molecule has 2 heterocycles. The highest BCUT2D eigenvalue weighted by Gasteiger charge is 2.13. The molecule has 6 nitrogen and oxygen atoms in total. The largest absolute Gasteiger partial charge is 0.378 e. The van der Waals surface area contributed by atoms with Gasteiger partial charge in [-0.05, 0) is 49.7 Å². The Labute approximate surface area is 167 Å². The van der Waals surface area contributed by atoms with E-state index in [1.54, 1.807) is 6.20 Å². The zero-order chi connectivity index (χ0) is 19.8. The van der Waals surface area contributed by atoms with E-state index in [-0.39, 0.29) is 5.91 Å². The van der Waals surface area contributed by atoms with Gasteiger partial charge >= 0.3 is 0 Å². The first-order valence-corrected chi connectivity index (χ1v) is 10.2. The second kappa shape index (κ2) is 10.1. The fourth-order valence-corrected chi connectivity index (χ4v) is 3.29. The molecule has 150 valence electrons. The molecule has 1 aromatic carbocycles. The minimum atomic E-state index is -0.121. The molecule has 1 N–H and O–H groups in total. The number of amides is 1. The van der Waals surface area contributed by atoms with Gasteiger partial charge in [0.05, 0.1) is 25.1 Å². The van der Waals surface area contributed by atoms with Gasteiger partial charge in [0, 0.05) is 37.4 Å². The molecule has 0 atom stereocenters. The molecule has 6 heteroatoms. The number of unbranched alkanes of at least 4 members (excludes halogenated alkanes) is 1. The summed E-state index contributed by atoms with van der Waals surface area (Å²) in [6.07, 6.45) is 4.06. The van der Waals surface area contributed by atoms with Crippen LogP contribution in [-0.2, 0) is 4.74 Å². The molecule has 3 rings (SSSR count). The average Bonchev–Trinajstić information content (AvgIpc) is 2.76. The highest BCUT2D eigenvalue weighted by atomic mass is 16.5. The minimum Gasteiger partial charge on any atom is -0.378 e. The van der Waals surface area contributed by atoms with Crippen molar-refractivity contribution in [1.82, 2.24) is 4.98 Å². The van der Waals surface area contributed by atoms with E-state index in [0.717, 1.165) is 50.9 Å². The summed E-state index contributed by atoms with van der Waals surface area (Å²) in [5.41, 5.74) is 2.50. The number of rotatable bonds is 8. The number of anilines is 3. The minimum absolute atomic E-state index is 0.121. The number of hydrogen-bond donors (Lipinski definition) is 1. The number of carbonyl (C=O) groups excluding carboxylic acids is 1. The lowest BCUT2D eigenvalue weighted by Crippen LogP contribution is -2.36. The predicted molar refractivity (Wildman–Crippen MR) is 114 cm³/mol. The van der Waals surface area contributed by atoms with Crippen LogP contribution < -0.4 is 15.1 Å². The maximum atomic E-state index is 12.5. The summed E-state index contributed by atoms with van der Waals surface area (Å²) < 4.78 is 5.37. The highest BCUT2D eigenvalue weighted by molar-refractivity contribution is 6.04. The zero-order valence-corrected chi connectivity index (χ0v) is 16.9. The third-order valence-corrected chi connectivity index (χ3v) is 5.00. The Kier molecular flexibility index (Phi) is 7.25. The highest BCUT2D eigenvalue weighted by Crippen LogP contribution is 2.18. The summed E-state index contributed by atoms with van der Waals surface area (Å²) in [5.74, 6) is 0.793. The molecule has 1 aromatic heterocycles. The molecule has 28 heavy (non-hydrogen) atoms. The van der Waals surface area contributed by atoms with Gasteiger partial charge in [-0.25, -0.2) is 4.98 Å². The van der Waals surface area contributed by atoms with Gasteiger partial charge in [-0.3, -0.25) is 4.79 Å². The first-order chi connectivity index (χ1) is 13.7. The number of hydrogen-bond acceptors (Lipinski definition) is 5. The number of ether oxygens (including phenoxy) is 1. The van der Waals surface area contributed by atoms with Crippen LogP contribution in [0.3, 0.4) is 0 Å². The molecule has 0 unspecified atom stereocenters. The molecule has 2 aromatic rings. The number of carbonyl (C=O) groups is 1. The predicted octanol–water partition coefficient (Wildman–Crippen LogP) is 3.80. The summed E-state index contributed by atoms with van der Waals surface area (Å²) in [4.78, 5) is 21.5. The van der Waals surface area contributed by atoms with Crippen molar-refractivity contribution >= 4 is 23.1 Å². The Bertz CT molecular complexity index is 740. The molecule has 1 amide bonds. The molecule has 1 fully saturated rings. The third kappa shape index (κ3) is 5.23. The van der Waals surface area contributed by atoms with Crippen LogP contribution in [0.4, 0.5) is 17.2 Å². The van der Waals surface area contributed by atoms with E-state index in [1.165, 1.54) is 12.8 Å². The molecule has 1 aliphatic rings. The molecule has 1 aliphatic heterocycles. The van der Waals surface area contributed by atoms with Crippen molar-refractivity contribution < 1.29 is 9.53 Å². The van der Waals surface area contributed by atoms with E-state index >= 15 is 0 Å². The lowest BCUT2D eigenvalue weighted by Gasteiger charge is -2.27. The Hall–Kier alpha value is -2.60. The van der Waals surface area contributed by atoms with Gasteiger partial charge in [-0.15, -0.1) is 0 Å². The standard InChI is InChI=1S/C22H30N4O2/c1-3-5-12-25(4-2)20-9-6-18(7-10-20)22(27)24-19-8-11-21(23-17-19)26-13-15-28-16-14-26/h6-11,17H,3-5,12-16H2,1-2H3,(H,24,27). The summed E-state index contributed by atoms with van der Waals surface area (Å²) in [5, 5.41) is 2.93. The van der Waals surface area contributed by atoms with Crippen LogP contribution in [0.1, 0.15) is 37.0 Å². The van der Waals surface area contributed by atoms with Gasteiger partial charge in [-0.2, -0.15) is 0 Å². The number of morpholine rings is 1. The number of nitrogens with zero attached hydrogens (tertiary/aromatic N) is 3. The summed E-state index contributed by atoms with van der Waals surface area (Å²) in [7, 11) is 0. The Morgan fingerprint density at radius 3 is 2.50 bits per heavy atom. The van der Waals surface area contributed by atoms with Gasteiger partial charge in [0.15, 0.2) is 0 Å². The molecular formula is C22H30N4O2. The van der Waals surface area contributed by atoms with Gasteiger partial charge in [-0.1, -0.05) is 13.3 Å². The second-order valence-electron chi connectivity index (χ2n) is 6.94. The third-order valence-electron chi connectivity index (χ3n) is 5.00. The van der Waals surface area contributed by atoms with Crippen molar-refractivity contribution in [2.45, 2.75) is 26.7 Å². The smallest absolute Gasteiger partial charge is 0.255 e. The van der Waals surface area contributed by atoms with Crippen LogP contribution in [0.25, 0.3) is 0 Å². The van der Waals surface area contributed by atoms with Crippen LogP contribution in [-0.4, -0.2) is 50.3 Å². The number of nitrogens with one attached hydrogen (secondary N) is 1. The van der Waals surface area contributed by atoms with Gasteiger partial charge in [0.1, 0.15) is 5.82 Å². The van der Waals surface area contributed by atoms with E-state index in [0.29, 0.717) is 11.3 Å². The van der Waals surface area contributed by atoms with Crippen LogP contribution in [0.2, 0.25) is 0 Å². The SMILES string of the molecule is CCCCN(CC)c1ccc(C(=O)Nc2ccc(N3CCOCC3)nc2)cc1. The Balaban J connectivity index is 1.59. The van der Waals surface area contributed by atoms with Crippen molar-refractivity contribution in [3.63, 3.8) is 0 Å². The topological polar surface area (TPSA) is 57.7 Å². The van der Waals surface area contributed by atoms with Gasteiger partial charge < -0.3 is 19.9 Å². The number of pyridine rings is 1. The fourth-order valence-electron chi connectivity index (χ4n) is 3.29. The molecule has 0 spiro atoms. The Morgan fingerprint density at radius 2 is 1.89 bits per heavy atom. The molecule has 0 aliphatic carbocycles. The first-order valence-electron chi connectivity index (χ1n) is 10.2. The Morgan fingerprint density at radius 1 is 1.14 bits per heavy atom. The maximum absolute atomic E-state index is 12.5. The number of benzene rings is 1. The van der Waals surface area contributed by atoms with Crippen molar-refractivity contribution in [3.8, 4) is 0 Å². The van der Waals surface area contributed by atoms with Crippen molar-refractivity contribution in [2.24, 2.45) is 0 Å². The van der Waals surface area contributed by atoms with Crippen LogP contribution in [0.15, 0.2) is 42.6 Å². The zero-order valence-electron chi connectivity index (χ0n) is 16.9. The molecule has 0 radical (unpaired) electrons. The molecule has 0 bridgehead atoms. The molecular weight excluding hydrogens is 352 g/mol. The van der Waals surface area contributed by atoms with Crippen molar-refractivity contribution in [3.05, 3.63) is 48.2 Å². The second-order valence-corrected chi connectivity index (χ2v) is 6.94. The molecule has 0 saturated carbocycles. The summed E-state index contributed by atoms with van der Waals surface area (Å²) >= 11 is 0. The maximum Gasteiger partial charge on any atom is 0.255 e. The van der Waals surface area contributed by atoms with Crippen LogP contribution in [0.5, 0.6) is 0 Å². The molecule has 1 saturated heterocycles. The van der Waals surface area contributed by atoms with E-state index in [9.17, 15) is 4.79 Å². The lowest BCUT2D eigenvalue weighted by molar-refractivity contribution is 0.102. The van der Waals surface area contributed by atoms with E-state index in [2.05, 4.69) is 33.9 Å².